The number of aromatic nitrogens is 2. The highest BCUT2D eigenvalue weighted by Gasteiger charge is 2.16. The van der Waals surface area contributed by atoms with Gasteiger partial charge in [-0.2, -0.15) is 0 Å². The first-order chi connectivity index (χ1) is 18.2. The minimum Gasteiger partial charge on any atom is -0.444 e. The predicted molar refractivity (Wildman–Crippen MR) is 154 cm³/mol. The van der Waals surface area contributed by atoms with Crippen LogP contribution in [0.5, 0.6) is 0 Å². The topological polar surface area (TPSA) is 88.0 Å². The number of ether oxygens (including phenoxy) is 1. The third-order valence-corrected chi connectivity index (χ3v) is 7.29. The lowest BCUT2D eigenvalue weighted by molar-refractivity contribution is 0.0523. The van der Waals surface area contributed by atoms with Crippen LogP contribution < -0.4 is 10.6 Å². The lowest BCUT2D eigenvalue weighted by atomic mass is 10.1. The molecule has 0 atom stereocenters. The van der Waals surface area contributed by atoms with Gasteiger partial charge in [0.1, 0.15) is 5.60 Å². The minimum absolute atomic E-state index is 0.0422. The molecule has 0 fully saturated rings. The standard InChI is InChI=1S/C29H37N5O3S/c1-6-33(7-2)16-8-15-30-26(35)22-13-14-24-25(17-22)38-27-32-23(19-34(24)27)21-11-9-20(10-12-21)18-31-28(36)37-29(3,4)5/h9-14,17,19H,6-8,15-16,18H2,1-5H3,(H,30,35)(H,31,36). The fraction of sp³-hybridized carbons (Fsp3) is 0.414. The first-order valence-electron chi connectivity index (χ1n) is 13.1. The number of imidazole rings is 1. The molecule has 2 N–H and O–H groups in total. The molecule has 0 aliphatic rings. The molecular weight excluding hydrogens is 498 g/mol. The molecule has 0 spiro atoms. The first kappa shape index (κ1) is 27.6. The maximum absolute atomic E-state index is 12.7. The van der Waals surface area contributed by atoms with Gasteiger partial charge in [0.2, 0.25) is 0 Å². The Hall–Kier alpha value is -3.43. The molecule has 0 aliphatic heterocycles. The monoisotopic (exact) mass is 535 g/mol. The number of rotatable bonds is 10. The van der Waals surface area contributed by atoms with Crippen LogP contribution in [0.4, 0.5) is 4.79 Å². The van der Waals surface area contributed by atoms with E-state index in [0.717, 1.165) is 58.1 Å². The molecule has 0 bridgehead atoms. The van der Waals surface area contributed by atoms with Gasteiger partial charge in [-0.1, -0.05) is 49.4 Å². The highest BCUT2D eigenvalue weighted by molar-refractivity contribution is 7.23. The number of hydrogen-bond acceptors (Lipinski definition) is 6. The second kappa shape index (κ2) is 12.0. The van der Waals surface area contributed by atoms with Crippen LogP contribution in [-0.4, -0.2) is 58.1 Å². The van der Waals surface area contributed by atoms with Crippen LogP contribution in [0.1, 0.15) is 57.0 Å². The molecule has 202 valence electrons. The number of nitrogens with zero attached hydrogens (tertiary/aromatic N) is 3. The van der Waals surface area contributed by atoms with E-state index in [1.54, 1.807) is 11.3 Å². The van der Waals surface area contributed by atoms with Crippen LogP contribution in [0.2, 0.25) is 0 Å². The Morgan fingerprint density at radius 3 is 2.47 bits per heavy atom. The summed E-state index contributed by atoms with van der Waals surface area (Å²) in [6.07, 6.45) is 2.53. The van der Waals surface area contributed by atoms with Crippen molar-refractivity contribution >= 4 is 38.5 Å². The van der Waals surface area contributed by atoms with Crippen LogP contribution in [0.3, 0.4) is 0 Å². The van der Waals surface area contributed by atoms with E-state index in [9.17, 15) is 9.59 Å². The van der Waals surface area contributed by atoms with Gasteiger partial charge in [-0.25, -0.2) is 9.78 Å². The van der Waals surface area contributed by atoms with Gasteiger partial charge in [0.15, 0.2) is 4.96 Å². The van der Waals surface area contributed by atoms with Gasteiger partial charge < -0.3 is 20.3 Å². The van der Waals surface area contributed by atoms with Crippen molar-refractivity contribution < 1.29 is 14.3 Å². The van der Waals surface area contributed by atoms with Gasteiger partial charge in [0, 0.05) is 30.4 Å². The molecule has 2 aromatic carbocycles. The molecule has 4 rings (SSSR count). The Bertz CT molecular complexity index is 1400. The van der Waals surface area contributed by atoms with Gasteiger partial charge in [0.25, 0.3) is 5.91 Å². The summed E-state index contributed by atoms with van der Waals surface area (Å²) in [7, 11) is 0. The van der Waals surface area contributed by atoms with E-state index in [4.69, 9.17) is 9.72 Å². The van der Waals surface area contributed by atoms with Gasteiger partial charge in [0.05, 0.1) is 15.9 Å². The van der Waals surface area contributed by atoms with Crippen LogP contribution in [-0.2, 0) is 11.3 Å². The molecule has 0 saturated carbocycles. The quantitative estimate of drug-likeness (QED) is 0.254. The molecule has 2 amide bonds. The first-order valence-corrected chi connectivity index (χ1v) is 14.0. The number of carbonyl (C=O) groups excluding carboxylic acids is 2. The summed E-state index contributed by atoms with van der Waals surface area (Å²) in [6.45, 7) is 13.9. The van der Waals surface area contributed by atoms with Crippen LogP contribution in [0.25, 0.3) is 26.4 Å². The Balaban J connectivity index is 1.39. The third kappa shape index (κ3) is 6.90. The lowest BCUT2D eigenvalue weighted by Gasteiger charge is -2.19. The number of hydrogen-bond donors (Lipinski definition) is 2. The number of alkyl carbamates (subject to hydrolysis) is 1. The van der Waals surface area contributed by atoms with Crippen molar-refractivity contribution in [1.29, 1.82) is 0 Å². The molecule has 9 heteroatoms. The molecule has 0 aliphatic carbocycles. The van der Waals surface area contributed by atoms with Crippen molar-refractivity contribution in [2.75, 3.05) is 26.2 Å². The van der Waals surface area contributed by atoms with Gasteiger partial charge in [-0.3, -0.25) is 9.20 Å². The minimum atomic E-state index is -0.523. The SMILES string of the molecule is CCN(CC)CCCNC(=O)c1ccc2c(c1)sc1nc(-c3ccc(CNC(=O)OC(C)(C)C)cc3)cn12. The van der Waals surface area contributed by atoms with Crippen molar-refractivity contribution in [2.24, 2.45) is 0 Å². The van der Waals surface area contributed by atoms with Crippen molar-refractivity contribution in [3.05, 3.63) is 59.8 Å². The normalized spacial score (nSPS) is 11.8. The molecule has 0 radical (unpaired) electrons. The van der Waals surface area contributed by atoms with E-state index < -0.39 is 11.7 Å². The number of amides is 2. The molecular formula is C29H37N5O3S. The highest BCUT2D eigenvalue weighted by Crippen LogP contribution is 2.30. The van der Waals surface area contributed by atoms with Crippen LogP contribution in [0.15, 0.2) is 48.7 Å². The molecule has 38 heavy (non-hydrogen) atoms. The van der Waals surface area contributed by atoms with E-state index in [1.807, 2.05) is 69.4 Å². The second-order valence-corrected chi connectivity index (χ2v) is 11.3. The van der Waals surface area contributed by atoms with Gasteiger partial charge >= 0.3 is 6.09 Å². The zero-order valence-electron chi connectivity index (χ0n) is 22.8. The summed E-state index contributed by atoms with van der Waals surface area (Å²) in [4.78, 5) is 32.6. The van der Waals surface area contributed by atoms with Gasteiger partial charge in [-0.15, -0.1) is 0 Å². The van der Waals surface area contributed by atoms with Crippen molar-refractivity contribution in [2.45, 2.75) is 53.2 Å². The summed E-state index contributed by atoms with van der Waals surface area (Å²) in [5.74, 6) is -0.0422. The molecule has 4 aromatic rings. The summed E-state index contributed by atoms with van der Waals surface area (Å²) in [5, 5.41) is 5.82. The van der Waals surface area contributed by atoms with Crippen molar-refractivity contribution in [3.63, 3.8) is 0 Å². The second-order valence-electron chi connectivity index (χ2n) is 10.3. The summed E-state index contributed by atoms with van der Waals surface area (Å²) >= 11 is 1.57. The average molecular weight is 536 g/mol. The number of nitrogens with one attached hydrogen (secondary N) is 2. The Labute approximate surface area is 228 Å². The summed E-state index contributed by atoms with van der Waals surface area (Å²) < 4.78 is 8.38. The van der Waals surface area contributed by atoms with Crippen LogP contribution in [0, 0.1) is 0 Å². The van der Waals surface area contributed by atoms with Crippen molar-refractivity contribution in [1.82, 2.24) is 24.9 Å². The maximum atomic E-state index is 12.7. The molecule has 8 nitrogen and oxygen atoms in total. The average Bonchev–Trinajstić information content (AvgIpc) is 3.44. The third-order valence-electron chi connectivity index (χ3n) is 6.27. The number of benzene rings is 2. The summed E-state index contributed by atoms with van der Waals surface area (Å²) in [5.41, 5.74) is 4.02. The largest absolute Gasteiger partial charge is 0.444 e. The number of thiazole rings is 1. The predicted octanol–water partition coefficient (Wildman–Crippen LogP) is 5.70. The molecule has 0 unspecified atom stereocenters. The zero-order valence-corrected chi connectivity index (χ0v) is 23.7. The molecule has 2 aromatic heterocycles. The van der Waals surface area contributed by atoms with E-state index in [1.165, 1.54) is 0 Å². The molecule has 0 saturated heterocycles. The zero-order chi connectivity index (χ0) is 27.3. The van der Waals surface area contributed by atoms with E-state index in [2.05, 4.69) is 33.8 Å². The fourth-order valence-corrected chi connectivity index (χ4v) is 5.26. The van der Waals surface area contributed by atoms with E-state index >= 15 is 0 Å². The van der Waals surface area contributed by atoms with E-state index in [0.29, 0.717) is 18.7 Å². The smallest absolute Gasteiger partial charge is 0.407 e. The number of fused-ring (bicyclic) bond motifs is 3. The maximum Gasteiger partial charge on any atom is 0.407 e. The number of carbonyl (C=O) groups is 2. The van der Waals surface area contributed by atoms with E-state index in [-0.39, 0.29) is 5.91 Å². The Morgan fingerprint density at radius 2 is 1.79 bits per heavy atom. The lowest BCUT2D eigenvalue weighted by Crippen LogP contribution is -2.32. The van der Waals surface area contributed by atoms with Gasteiger partial charge in [-0.05, 0) is 70.6 Å². The molecule has 2 heterocycles. The fourth-order valence-electron chi connectivity index (χ4n) is 4.21. The van der Waals surface area contributed by atoms with Crippen molar-refractivity contribution in [3.8, 4) is 11.3 Å². The highest BCUT2D eigenvalue weighted by atomic mass is 32.1. The summed E-state index contributed by atoms with van der Waals surface area (Å²) in [6, 6.07) is 13.8. The Morgan fingerprint density at radius 1 is 1.05 bits per heavy atom. The Kier molecular flexibility index (Phi) is 8.69. The van der Waals surface area contributed by atoms with Crippen LogP contribution >= 0.6 is 11.3 Å².